The molecule has 1 saturated heterocycles. The Bertz CT molecular complexity index is 1080. The van der Waals surface area contributed by atoms with Gasteiger partial charge in [-0.3, -0.25) is 20.4 Å². The Kier molecular flexibility index (Phi) is 5.59. The van der Waals surface area contributed by atoms with Crippen LogP contribution in [0, 0.1) is 11.7 Å². The zero-order valence-electron chi connectivity index (χ0n) is 16.4. The van der Waals surface area contributed by atoms with Crippen LogP contribution in [-0.4, -0.2) is 41.5 Å². The minimum absolute atomic E-state index is 0.00392. The molecule has 1 aliphatic carbocycles. The number of aromatic nitrogens is 2. The van der Waals surface area contributed by atoms with Gasteiger partial charge in [-0.05, 0) is 62.3 Å². The predicted octanol–water partition coefficient (Wildman–Crippen LogP) is 1.48. The van der Waals surface area contributed by atoms with Crippen molar-refractivity contribution in [2.24, 2.45) is 5.92 Å². The first-order chi connectivity index (χ1) is 14.3. The van der Waals surface area contributed by atoms with Gasteiger partial charge in [0.25, 0.3) is 5.91 Å². The number of hydrogen-bond donors (Lipinski definition) is 2. The molecule has 0 bridgehead atoms. The Morgan fingerprint density at radius 1 is 1.13 bits per heavy atom. The van der Waals surface area contributed by atoms with Gasteiger partial charge in [-0.1, -0.05) is 0 Å². The van der Waals surface area contributed by atoms with Crippen LogP contribution < -0.4 is 10.9 Å². The second-order valence-electron chi connectivity index (χ2n) is 7.84. The number of sulfone groups is 1. The molecule has 8 nitrogen and oxygen atoms in total. The lowest BCUT2D eigenvalue weighted by Crippen LogP contribution is -2.42. The van der Waals surface area contributed by atoms with Crippen LogP contribution in [0.15, 0.2) is 24.3 Å². The summed E-state index contributed by atoms with van der Waals surface area (Å²) < 4.78 is 38.0. The van der Waals surface area contributed by atoms with E-state index in [9.17, 15) is 22.4 Å². The molecule has 2 heterocycles. The molecule has 0 saturated carbocycles. The highest BCUT2D eigenvalue weighted by molar-refractivity contribution is 7.91. The van der Waals surface area contributed by atoms with Crippen LogP contribution in [0.5, 0.6) is 0 Å². The van der Waals surface area contributed by atoms with Crippen molar-refractivity contribution in [1.82, 2.24) is 20.6 Å². The first-order valence-electron chi connectivity index (χ1n) is 9.99. The minimum atomic E-state index is -3.06. The summed E-state index contributed by atoms with van der Waals surface area (Å²) in [6.07, 6.45) is 3.87. The summed E-state index contributed by atoms with van der Waals surface area (Å²) in [5.74, 6) is -1.43. The van der Waals surface area contributed by atoms with E-state index in [1.54, 1.807) is 16.8 Å². The molecule has 1 aromatic carbocycles. The van der Waals surface area contributed by atoms with E-state index in [-0.39, 0.29) is 35.4 Å². The Hall–Kier alpha value is -2.75. The molecule has 0 spiro atoms. The average molecular weight is 434 g/mol. The van der Waals surface area contributed by atoms with Crippen molar-refractivity contribution >= 4 is 21.7 Å². The van der Waals surface area contributed by atoms with Gasteiger partial charge in [0.05, 0.1) is 17.2 Å². The van der Waals surface area contributed by atoms with Gasteiger partial charge in [-0.2, -0.15) is 5.10 Å². The number of carbonyl (C=O) groups excluding carboxylic acids is 2. The molecule has 1 aromatic heterocycles. The maximum absolute atomic E-state index is 13.3. The van der Waals surface area contributed by atoms with Gasteiger partial charge >= 0.3 is 0 Å². The first kappa shape index (κ1) is 20.5. The summed E-state index contributed by atoms with van der Waals surface area (Å²) in [7, 11) is -3.06. The van der Waals surface area contributed by atoms with Crippen molar-refractivity contribution in [2.45, 2.75) is 38.5 Å². The van der Waals surface area contributed by atoms with E-state index in [2.05, 4.69) is 16.0 Å². The summed E-state index contributed by atoms with van der Waals surface area (Å²) in [6, 6.07) is 5.90. The fourth-order valence-corrected chi connectivity index (χ4v) is 5.97. The van der Waals surface area contributed by atoms with Crippen molar-refractivity contribution in [3.05, 3.63) is 47.0 Å². The van der Waals surface area contributed by atoms with Crippen LogP contribution in [0.25, 0.3) is 5.69 Å². The van der Waals surface area contributed by atoms with Crippen LogP contribution in [0.2, 0.25) is 0 Å². The normalized spacial score (nSPS) is 19.8. The van der Waals surface area contributed by atoms with Crippen molar-refractivity contribution in [2.75, 3.05) is 11.5 Å². The fraction of sp³-hybridized carbons (Fsp3) is 0.450. The van der Waals surface area contributed by atoms with Crippen molar-refractivity contribution < 1.29 is 22.4 Å². The van der Waals surface area contributed by atoms with E-state index in [0.717, 1.165) is 30.5 Å². The maximum atomic E-state index is 13.3. The van der Waals surface area contributed by atoms with Gasteiger partial charge in [0.15, 0.2) is 15.5 Å². The summed E-state index contributed by atoms with van der Waals surface area (Å²) >= 11 is 0. The van der Waals surface area contributed by atoms with Gasteiger partial charge in [0.1, 0.15) is 5.82 Å². The van der Waals surface area contributed by atoms with E-state index in [1.807, 2.05) is 0 Å². The van der Waals surface area contributed by atoms with Crippen LogP contribution >= 0.6 is 0 Å². The standard InChI is InChI=1S/C20H23FN4O4S/c21-14-5-7-15(8-6-14)25-17-4-2-1-3-16(17)19(24-25)20(27)23-22-18(26)11-13-9-10-30(28,29)12-13/h5-8,13H,1-4,9-12H2,(H,22,26)(H,23,27). The van der Waals surface area contributed by atoms with Crippen LogP contribution in [0.3, 0.4) is 0 Å². The highest BCUT2D eigenvalue weighted by atomic mass is 32.2. The number of hydrazine groups is 1. The third kappa shape index (κ3) is 4.38. The Morgan fingerprint density at radius 3 is 2.57 bits per heavy atom. The largest absolute Gasteiger partial charge is 0.290 e. The maximum Gasteiger partial charge on any atom is 0.290 e. The molecular weight excluding hydrogens is 411 g/mol. The van der Waals surface area contributed by atoms with Gasteiger partial charge in [0.2, 0.25) is 5.91 Å². The number of nitrogens with zero attached hydrogens (tertiary/aromatic N) is 2. The van der Waals surface area contributed by atoms with Crippen molar-refractivity contribution in [3.63, 3.8) is 0 Å². The van der Waals surface area contributed by atoms with E-state index < -0.39 is 21.7 Å². The Labute approximate surface area is 173 Å². The summed E-state index contributed by atoms with van der Waals surface area (Å²) in [4.78, 5) is 24.8. The van der Waals surface area contributed by atoms with Gasteiger partial charge < -0.3 is 0 Å². The van der Waals surface area contributed by atoms with E-state index in [1.165, 1.54) is 12.1 Å². The first-order valence-corrected chi connectivity index (χ1v) is 11.8. The van der Waals surface area contributed by atoms with E-state index in [0.29, 0.717) is 18.5 Å². The zero-order valence-corrected chi connectivity index (χ0v) is 17.2. The predicted molar refractivity (Wildman–Crippen MR) is 107 cm³/mol. The third-order valence-corrected chi connectivity index (χ3v) is 7.42. The number of nitrogens with one attached hydrogen (secondary N) is 2. The van der Waals surface area contributed by atoms with Crippen molar-refractivity contribution in [3.8, 4) is 5.69 Å². The van der Waals surface area contributed by atoms with Gasteiger partial charge in [0, 0.05) is 17.7 Å². The molecule has 30 heavy (non-hydrogen) atoms. The molecular formula is C20H23FN4O4S. The molecule has 160 valence electrons. The molecule has 2 aromatic rings. The Morgan fingerprint density at radius 2 is 1.87 bits per heavy atom. The summed E-state index contributed by atoms with van der Waals surface area (Å²) in [5.41, 5.74) is 7.41. The van der Waals surface area contributed by atoms with Crippen LogP contribution in [-0.2, 0) is 27.5 Å². The average Bonchev–Trinajstić information content (AvgIpc) is 3.27. The molecule has 4 rings (SSSR count). The lowest BCUT2D eigenvalue weighted by Gasteiger charge is -2.14. The number of benzene rings is 1. The lowest BCUT2D eigenvalue weighted by molar-refractivity contribution is -0.122. The number of rotatable bonds is 4. The lowest BCUT2D eigenvalue weighted by atomic mass is 9.95. The molecule has 1 fully saturated rings. The summed E-state index contributed by atoms with van der Waals surface area (Å²) in [5, 5.41) is 4.44. The smallest absolute Gasteiger partial charge is 0.273 e. The summed E-state index contributed by atoms with van der Waals surface area (Å²) in [6.45, 7) is 0. The van der Waals surface area contributed by atoms with Crippen molar-refractivity contribution in [1.29, 1.82) is 0 Å². The molecule has 2 N–H and O–H groups in total. The second-order valence-corrected chi connectivity index (χ2v) is 10.1. The second kappa shape index (κ2) is 8.17. The molecule has 2 aliphatic rings. The number of fused-ring (bicyclic) bond motifs is 1. The van der Waals surface area contributed by atoms with E-state index >= 15 is 0 Å². The highest BCUT2D eigenvalue weighted by Gasteiger charge is 2.30. The molecule has 1 atom stereocenters. The molecule has 2 amide bonds. The van der Waals surface area contributed by atoms with Crippen LogP contribution in [0.1, 0.15) is 47.4 Å². The number of carbonyl (C=O) groups is 2. The zero-order chi connectivity index (χ0) is 21.3. The topological polar surface area (TPSA) is 110 Å². The third-order valence-electron chi connectivity index (χ3n) is 5.58. The number of amides is 2. The Balaban J connectivity index is 1.46. The fourth-order valence-electron chi connectivity index (χ4n) is 4.11. The SMILES string of the molecule is O=C(CC1CCS(=O)(=O)C1)NNC(=O)c1nn(-c2ccc(F)cc2)c2c1CCCC2. The van der Waals surface area contributed by atoms with Gasteiger partial charge in [-0.25, -0.2) is 17.5 Å². The monoisotopic (exact) mass is 434 g/mol. The van der Waals surface area contributed by atoms with Gasteiger partial charge in [-0.15, -0.1) is 0 Å². The molecule has 10 heteroatoms. The molecule has 1 aliphatic heterocycles. The highest BCUT2D eigenvalue weighted by Crippen LogP contribution is 2.27. The molecule has 0 radical (unpaired) electrons. The van der Waals surface area contributed by atoms with E-state index in [4.69, 9.17) is 0 Å². The molecule has 1 unspecified atom stereocenters. The van der Waals surface area contributed by atoms with Crippen LogP contribution in [0.4, 0.5) is 4.39 Å². The number of halogens is 1. The minimum Gasteiger partial charge on any atom is -0.273 e. The quantitative estimate of drug-likeness (QED) is 0.709. The number of hydrogen-bond acceptors (Lipinski definition) is 5.